The first kappa shape index (κ1) is 11.6. The highest BCUT2D eigenvalue weighted by Crippen LogP contribution is 2.17. The normalized spacial score (nSPS) is 21.5. The fourth-order valence-electron chi connectivity index (χ4n) is 1.85. The molecule has 1 saturated heterocycles. The number of carbonyl (C=O) groups is 2. The molecule has 0 radical (unpaired) electrons. The van der Waals surface area contributed by atoms with Crippen LogP contribution in [0.4, 0.5) is 0 Å². The number of nitrogens with zero attached hydrogens (tertiary/aromatic N) is 1. The molecule has 0 aromatic carbocycles. The summed E-state index contributed by atoms with van der Waals surface area (Å²) in [6, 6.07) is -0.687. The van der Waals surface area contributed by atoms with Gasteiger partial charge in [0, 0.05) is 6.54 Å². The number of amides is 1. The molecule has 1 aliphatic rings. The highest BCUT2D eigenvalue weighted by molar-refractivity contribution is 5.85. The van der Waals surface area contributed by atoms with Crippen molar-refractivity contribution < 1.29 is 14.7 Å². The first-order valence-corrected chi connectivity index (χ1v) is 5.12. The summed E-state index contributed by atoms with van der Waals surface area (Å²) < 4.78 is 0. The summed E-state index contributed by atoms with van der Waals surface area (Å²) in [5, 5.41) is 9.01. The van der Waals surface area contributed by atoms with Gasteiger partial charge in [-0.1, -0.05) is 18.8 Å². The van der Waals surface area contributed by atoms with Gasteiger partial charge in [-0.2, -0.15) is 0 Å². The zero-order chi connectivity index (χ0) is 11.3. The first-order valence-electron chi connectivity index (χ1n) is 5.12. The SMILES string of the molecule is C#CCC(=O)N1CCCCCC1C(=O)O. The summed E-state index contributed by atoms with van der Waals surface area (Å²) >= 11 is 0. The van der Waals surface area contributed by atoms with Crippen molar-refractivity contribution in [2.24, 2.45) is 0 Å². The summed E-state index contributed by atoms with van der Waals surface area (Å²) in [7, 11) is 0. The third-order valence-corrected chi connectivity index (χ3v) is 2.61. The van der Waals surface area contributed by atoms with E-state index in [0.29, 0.717) is 13.0 Å². The monoisotopic (exact) mass is 209 g/mol. The Balaban J connectivity index is 2.75. The van der Waals surface area contributed by atoms with E-state index in [0.717, 1.165) is 19.3 Å². The maximum absolute atomic E-state index is 11.6. The Labute approximate surface area is 89.3 Å². The van der Waals surface area contributed by atoms with E-state index in [9.17, 15) is 9.59 Å². The van der Waals surface area contributed by atoms with Crippen molar-refractivity contribution in [3.8, 4) is 12.3 Å². The number of carbonyl (C=O) groups excluding carboxylic acids is 1. The average molecular weight is 209 g/mol. The van der Waals surface area contributed by atoms with Crippen LogP contribution in [-0.4, -0.2) is 34.5 Å². The van der Waals surface area contributed by atoms with Crippen molar-refractivity contribution in [1.82, 2.24) is 4.90 Å². The lowest BCUT2D eigenvalue weighted by Crippen LogP contribution is -2.44. The second kappa shape index (κ2) is 5.40. The molecular formula is C11H15NO3. The summed E-state index contributed by atoms with van der Waals surface area (Å²) in [4.78, 5) is 24.0. The van der Waals surface area contributed by atoms with Crippen molar-refractivity contribution in [2.75, 3.05) is 6.54 Å². The third-order valence-electron chi connectivity index (χ3n) is 2.61. The Morgan fingerprint density at radius 3 is 2.73 bits per heavy atom. The summed E-state index contributed by atoms with van der Waals surface area (Å²) in [6.45, 7) is 0.511. The number of terminal acetylenes is 1. The molecule has 0 aromatic heterocycles. The van der Waals surface area contributed by atoms with Gasteiger partial charge in [-0.3, -0.25) is 4.79 Å². The standard InChI is InChI=1S/C11H15NO3/c1-2-6-10(13)12-8-5-3-4-7-9(12)11(14)15/h1,9H,3-8H2,(H,14,15). The second-order valence-corrected chi connectivity index (χ2v) is 3.67. The Bertz CT molecular complexity index is 293. The second-order valence-electron chi connectivity index (χ2n) is 3.67. The Morgan fingerprint density at radius 1 is 1.40 bits per heavy atom. The minimum atomic E-state index is -0.928. The van der Waals surface area contributed by atoms with Crippen LogP contribution in [0.3, 0.4) is 0 Å². The van der Waals surface area contributed by atoms with E-state index in [1.54, 1.807) is 0 Å². The van der Waals surface area contributed by atoms with Crippen LogP contribution in [0.2, 0.25) is 0 Å². The number of rotatable bonds is 2. The molecule has 0 bridgehead atoms. The van der Waals surface area contributed by atoms with E-state index in [4.69, 9.17) is 11.5 Å². The predicted molar refractivity (Wildman–Crippen MR) is 55.1 cm³/mol. The van der Waals surface area contributed by atoms with E-state index in [-0.39, 0.29) is 12.3 Å². The van der Waals surface area contributed by atoms with E-state index >= 15 is 0 Å². The summed E-state index contributed by atoms with van der Waals surface area (Å²) in [6.07, 6.45) is 8.27. The van der Waals surface area contributed by atoms with Crippen LogP contribution in [0.15, 0.2) is 0 Å². The molecule has 4 heteroatoms. The third kappa shape index (κ3) is 2.98. The lowest BCUT2D eigenvalue weighted by atomic mass is 10.1. The molecule has 1 unspecified atom stereocenters. The Kier molecular flexibility index (Phi) is 4.17. The van der Waals surface area contributed by atoms with Gasteiger partial charge in [-0.15, -0.1) is 6.42 Å². The minimum absolute atomic E-state index is 0.0101. The number of likely N-dealkylation sites (tertiary alicyclic amines) is 1. The minimum Gasteiger partial charge on any atom is -0.480 e. The van der Waals surface area contributed by atoms with Crippen LogP contribution in [0, 0.1) is 12.3 Å². The van der Waals surface area contributed by atoms with Crippen LogP contribution < -0.4 is 0 Å². The van der Waals surface area contributed by atoms with Gasteiger partial charge in [0.25, 0.3) is 0 Å². The molecule has 1 atom stereocenters. The molecule has 1 aliphatic heterocycles. The number of hydrogen-bond acceptors (Lipinski definition) is 2. The smallest absolute Gasteiger partial charge is 0.326 e. The van der Waals surface area contributed by atoms with Crippen molar-refractivity contribution in [3.63, 3.8) is 0 Å². The van der Waals surface area contributed by atoms with Crippen LogP contribution in [0.25, 0.3) is 0 Å². The number of aliphatic carboxylic acids is 1. The highest BCUT2D eigenvalue weighted by Gasteiger charge is 2.29. The molecule has 1 amide bonds. The first-order chi connectivity index (χ1) is 7.16. The van der Waals surface area contributed by atoms with Gasteiger partial charge in [-0.25, -0.2) is 4.79 Å². The van der Waals surface area contributed by atoms with E-state index in [1.165, 1.54) is 4.90 Å². The molecule has 0 spiro atoms. The molecule has 1 N–H and O–H groups in total. The Morgan fingerprint density at radius 2 is 2.13 bits per heavy atom. The highest BCUT2D eigenvalue weighted by atomic mass is 16.4. The van der Waals surface area contributed by atoms with Crippen molar-refractivity contribution in [2.45, 2.75) is 38.1 Å². The lowest BCUT2D eigenvalue weighted by molar-refractivity contribution is -0.149. The molecule has 0 saturated carbocycles. The van der Waals surface area contributed by atoms with Gasteiger partial charge in [0.2, 0.25) is 5.91 Å². The largest absolute Gasteiger partial charge is 0.480 e. The molecule has 15 heavy (non-hydrogen) atoms. The van der Waals surface area contributed by atoms with Gasteiger partial charge in [-0.05, 0) is 12.8 Å². The molecule has 4 nitrogen and oxygen atoms in total. The van der Waals surface area contributed by atoms with E-state index in [1.807, 2.05) is 0 Å². The van der Waals surface area contributed by atoms with Gasteiger partial charge in [0.05, 0.1) is 6.42 Å². The van der Waals surface area contributed by atoms with Crippen LogP contribution in [-0.2, 0) is 9.59 Å². The molecule has 1 fully saturated rings. The van der Waals surface area contributed by atoms with Crippen LogP contribution in [0.5, 0.6) is 0 Å². The van der Waals surface area contributed by atoms with Crippen molar-refractivity contribution in [1.29, 1.82) is 0 Å². The fourth-order valence-corrected chi connectivity index (χ4v) is 1.85. The molecule has 1 heterocycles. The number of carboxylic acids is 1. The fraction of sp³-hybridized carbons (Fsp3) is 0.636. The van der Waals surface area contributed by atoms with Crippen molar-refractivity contribution in [3.05, 3.63) is 0 Å². The maximum Gasteiger partial charge on any atom is 0.326 e. The molecule has 0 aromatic rings. The predicted octanol–water partition coefficient (Wildman–Crippen LogP) is 0.865. The van der Waals surface area contributed by atoms with E-state index < -0.39 is 12.0 Å². The zero-order valence-corrected chi connectivity index (χ0v) is 8.61. The summed E-state index contributed by atoms with van der Waals surface area (Å²) in [5.41, 5.74) is 0. The van der Waals surface area contributed by atoms with Gasteiger partial charge < -0.3 is 10.0 Å². The quantitative estimate of drug-likeness (QED) is 0.686. The molecular weight excluding hydrogens is 194 g/mol. The van der Waals surface area contributed by atoms with Crippen LogP contribution >= 0.6 is 0 Å². The zero-order valence-electron chi connectivity index (χ0n) is 8.61. The van der Waals surface area contributed by atoms with Gasteiger partial charge in [0.15, 0.2) is 0 Å². The van der Waals surface area contributed by atoms with E-state index in [2.05, 4.69) is 5.92 Å². The molecule has 0 aliphatic carbocycles. The lowest BCUT2D eigenvalue weighted by Gasteiger charge is -2.26. The van der Waals surface area contributed by atoms with Gasteiger partial charge in [0.1, 0.15) is 6.04 Å². The number of hydrogen-bond donors (Lipinski definition) is 1. The average Bonchev–Trinajstić information content (AvgIpc) is 2.42. The summed E-state index contributed by atoms with van der Waals surface area (Å²) in [5.74, 6) is 1.09. The van der Waals surface area contributed by atoms with Crippen LogP contribution in [0.1, 0.15) is 32.1 Å². The topological polar surface area (TPSA) is 57.6 Å². The van der Waals surface area contributed by atoms with Crippen molar-refractivity contribution >= 4 is 11.9 Å². The molecule has 1 rings (SSSR count). The number of carboxylic acid groups (broad SMARTS) is 1. The Hall–Kier alpha value is -1.50. The molecule has 82 valence electrons. The van der Waals surface area contributed by atoms with Gasteiger partial charge >= 0.3 is 5.97 Å². The maximum atomic E-state index is 11.6.